The molecule has 0 fully saturated rings. The monoisotopic (exact) mass is 239 g/mol. The lowest BCUT2D eigenvalue weighted by Gasteiger charge is -2.06. The van der Waals surface area contributed by atoms with Gasteiger partial charge in [0.15, 0.2) is 5.78 Å². The predicted molar refractivity (Wildman–Crippen MR) is 68.1 cm³/mol. The van der Waals surface area contributed by atoms with Gasteiger partial charge in [-0.05, 0) is 43.1 Å². The Morgan fingerprint density at radius 2 is 1.94 bits per heavy atom. The molecule has 1 aromatic carbocycles. The molecular formula is C13H18ClNO. The van der Waals surface area contributed by atoms with Crippen molar-refractivity contribution in [3.63, 3.8) is 0 Å². The highest BCUT2D eigenvalue weighted by Crippen LogP contribution is 2.09. The molecule has 0 amide bonds. The van der Waals surface area contributed by atoms with Crippen LogP contribution in [0.5, 0.6) is 0 Å². The molecule has 3 heteroatoms. The number of rotatable bonds is 6. The van der Waals surface area contributed by atoms with Crippen molar-refractivity contribution in [3.05, 3.63) is 34.9 Å². The summed E-state index contributed by atoms with van der Waals surface area (Å²) in [5.41, 5.74) is 0.710. The van der Waals surface area contributed by atoms with Gasteiger partial charge in [-0.25, -0.2) is 0 Å². The zero-order chi connectivity index (χ0) is 12.0. The van der Waals surface area contributed by atoms with Crippen molar-refractivity contribution < 1.29 is 4.79 Å². The topological polar surface area (TPSA) is 29.1 Å². The Morgan fingerprint density at radius 1 is 1.31 bits per heavy atom. The first kappa shape index (κ1) is 13.2. The van der Waals surface area contributed by atoms with Gasteiger partial charge in [0.2, 0.25) is 0 Å². The van der Waals surface area contributed by atoms with Gasteiger partial charge in [-0.2, -0.15) is 0 Å². The van der Waals surface area contributed by atoms with Gasteiger partial charge in [0.25, 0.3) is 0 Å². The standard InChI is InChI=1S/C13H18ClNO/c1-10(2)7-8-15-9-13(16)11-3-5-12(14)6-4-11/h3-6,10,15H,7-9H2,1-2H3. The number of Topliss-reactive ketones (excluding diaryl/α,β-unsaturated/α-hetero) is 1. The Hall–Kier alpha value is -0.860. The number of hydrogen-bond acceptors (Lipinski definition) is 2. The molecule has 0 aliphatic carbocycles. The van der Waals surface area contributed by atoms with Gasteiger partial charge in [0.05, 0.1) is 6.54 Å². The number of benzene rings is 1. The number of halogens is 1. The lowest BCUT2D eigenvalue weighted by molar-refractivity contribution is 0.0991. The quantitative estimate of drug-likeness (QED) is 0.610. The molecule has 0 atom stereocenters. The minimum Gasteiger partial charge on any atom is -0.310 e. The first-order valence-corrected chi connectivity index (χ1v) is 5.97. The molecule has 0 saturated heterocycles. The first-order chi connectivity index (χ1) is 7.59. The molecule has 0 aliphatic rings. The molecule has 0 radical (unpaired) electrons. The van der Waals surface area contributed by atoms with Crippen LogP contribution in [0, 0.1) is 5.92 Å². The van der Waals surface area contributed by atoms with E-state index in [-0.39, 0.29) is 5.78 Å². The molecule has 0 saturated carbocycles. The summed E-state index contributed by atoms with van der Waals surface area (Å²) in [6.07, 6.45) is 1.09. The Kier molecular flexibility index (Phi) is 5.50. The number of hydrogen-bond donors (Lipinski definition) is 1. The fraction of sp³-hybridized carbons (Fsp3) is 0.462. The van der Waals surface area contributed by atoms with Crippen LogP contribution in [-0.4, -0.2) is 18.9 Å². The van der Waals surface area contributed by atoms with Crippen LogP contribution in [0.4, 0.5) is 0 Å². The smallest absolute Gasteiger partial charge is 0.176 e. The van der Waals surface area contributed by atoms with E-state index in [1.165, 1.54) is 0 Å². The molecule has 0 bridgehead atoms. The summed E-state index contributed by atoms with van der Waals surface area (Å²) in [5, 5.41) is 3.80. The van der Waals surface area contributed by atoms with Crippen LogP contribution in [0.15, 0.2) is 24.3 Å². The van der Waals surface area contributed by atoms with E-state index in [9.17, 15) is 4.79 Å². The molecule has 1 aromatic rings. The summed E-state index contributed by atoms with van der Waals surface area (Å²) in [5.74, 6) is 0.776. The van der Waals surface area contributed by atoms with Crippen molar-refractivity contribution in [3.8, 4) is 0 Å². The van der Waals surface area contributed by atoms with Gasteiger partial charge in [0.1, 0.15) is 0 Å². The fourth-order valence-corrected chi connectivity index (χ4v) is 1.46. The predicted octanol–water partition coefficient (Wildman–Crippen LogP) is 3.16. The highest BCUT2D eigenvalue weighted by Gasteiger charge is 2.04. The molecular weight excluding hydrogens is 222 g/mol. The van der Waals surface area contributed by atoms with Crippen molar-refractivity contribution in [1.29, 1.82) is 0 Å². The maximum absolute atomic E-state index is 11.7. The molecule has 0 spiro atoms. The second-order valence-electron chi connectivity index (χ2n) is 4.29. The molecule has 2 nitrogen and oxygen atoms in total. The van der Waals surface area contributed by atoms with Crippen LogP contribution in [-0.2, 0) is 0 Å². The normalized spacial score (nSPS) is 10.8. The molecule has 0 unspecified atom stereocenters. The lowest BCUT2D eigenvalue weighted by atomic mass is 10.1. The summed E-state index contributed by atoms with van der Waals surface area (Å²) < 4.78 is 0. The summed E-state index contributed by atoms with van der Waals surface area (Å²) in [6.45, 7) is 5.62. The number of carbonyl (C=O) groups excluding carboxylic acids is 1. The third-order valence-corrected chi connectivity index (χ3v) is 2.60. The van der Waals surface area contributed by atoms with Gasteiger partial charge < -0.3 is 5.32 Å². The SMILES string of the molecule is CC(C)CCNCC(=O)c1ccc(Cl)cc1. The van der Waals surface area contributed by atoms with Crippen LogP contribution in [0.2, 0.25) is 5.02 Å². The fourth-order valence-electron chi connectivity index (χ4n) is 1.33. The summed E-state index contributed by atoms with van der Waals surface area (Å²) in [6, 6.07) is 7.00. The average molecular weight is 240 g/mol. The summed E-state index contributed by atoms with van der Waals surface area (Å²) >= 11 is 5.75. The van der Waals surface area contributed by atoms with Crippen LogP contribution in [0.1, 0.15) is 30.6 Å². The van der Waals surface area contributed by atoms with Crippen LogP contribution in [0.3, 0.4) is 0 Å². The van der Waals surface area contributed by atoms with Crippen molar-refractivity contribution >= 4 is 17.4 Å². The largest absolute Gasteiger partial charge is 0.310 e. The number of carbonyl (C=O) groups is 1. The molecule has 1 rings (SSSR count). The van der Waals surface area contributed by atoms with Crippen LogP contribution in [0.25, 0.3) is 0 Å². The highest BCUT2D eigenvalue weighted by atomic mass is 35.5. The second kappa shape index (κ2) is 6.66. The number of nitrogens with one attached hydrogen (secondary N) is 1. The molecule has 0 aromatic heterocycles. The Morgan fingerprint density at radius 3 is 2.50 bits per heavy atom. The highest BCUT2D eigenvalue weighted by molar-refractivity contribution is 6.30. The van der Waals surface area contributed by atoms with Gasteiger partial charge in [-0.1, -0.05) is 25.4 Å². The van der Waals surface area contributed by atoms with E-state index in [1.807, 2.05) is 0 Å². The van der Waals surface area contributed by atoms with Gasteiger partial charge in [0, 0.05) is 10.6 Å². The second-order valence-corrected chi connectivity index (χ2v) is 4.73. The average Bonchev–Trinajstić information content (AvgIpc) is 2.25. The van der Waals surface area contributed by atoms with Gasteiger partial charge in [-0.15, -0.1) is 0 Å². The maximum Gasteiger partial charge on any atom is 0.176 e. The van der Waals surface area contributed by atoms with Crippen LogP contribution >= 0.6 is 11.6 Å². The van der Waals surface area contributed by atoms with Gasteiger partial charge >= 0.3 is 0 Å². The lowest BCUT2D eigenvalue weighted by Crippen LogP contribution is -2.24. The zero-order valence-electron chi connectivity index (χ0n) is 9.79. The van der Waals surface area contributed by atoms with E-state index >= 15 is 0 Å². The summed E-state index contributed by atoms with van der Waals surface area (Å²) in [7, 11) is 0. The molecule has 0 aliphatic heterocycles. The van der Waals surface area contributed by atoms with Gasteiger partial charge in [-0.3, -0.25) is 4.79 Å². The number of ketones is 1. The van der Waals surface area contributed by atoms with E-state index in [1.54, 1.807) is 24.3 Å². The minimum atomic E-state index is 0.112. The third-order valence-electron chi connectivity index (χ3n) is 2.35. The maximum atomic E-state index is 11.7. The Balaban J connectivity index is 2.32. The molecule has 0 heterocycles. The Labute approximate surface area is 102 Å². The first-order valence-electron chi connectivity index (χ1n) is 5.59. The van der Waals surface area contributed by atoms with E-state index in [2.05, 4.69) is 19.2 Å². The van der Waals surface area contributed by atoms with E-state index in [0.29, 0.717) is 23.0 Å². The van der Waals surface area contributed by atoms with E-state index in [4.69, 9.17) is 11.6 Å². The van der Waals surface area contributed by atoms with E-state index in [0.717, 1.165) is 13.0 Å². The van der Waals surface area contributed by atoms with Crippen molar-refractivity contribution in [2.45, 2.75) is 20.3 Å². The van der Waals surface area contributed by atoms with Crippen molar-refractivity contribution in [2.24, 2.45) is 5.92 Å². The Bertz CT molecular complexity index is 332. The summed E-state index contributed by atoms with van der Waals surface area (Å²) in [4.78, 5) is 11.7. The minimum absolute atomic E-state index is 0.112. The third kappa shape index (κ3) is 4.77. The van der Waals surface area contributed by atoms with Crippen molar-refractivity contribution in [1.82, 2.24) is 5.32 Å². The molecule has 88 valence electrons. The van der Waals surface area contributed by atoms with Crippen LogP contribution < -0.4 is 5.32 Å². The van der Waals surface area contributed by atoms with E-state index < -0.39 is 0 Å². The molecule has 1 N–H and O–H groups in total. The zero-order valence-corrected chi connectivity index (χ0v) is 10.6. The molecule has 16 heavy (non-hydrogen) atoms. The van der Waals surface area contributed by atoms with Crippen molar-refractivity contribution in [2.75, 3.05) is 13.1 Å².